The Balaban J connectivity index is 2.25. The van der Waals surface area contributed by atoms with E-state index < -0.39 is 29.7 Å². The average molecular weight is 364 g/mol. The van der Waals surface area contributed by atoms with Crippen molar-refractivity contribution in [2.75, 3.05) is 11.9 Å². The first-order chi connectivity index (χ1) is 11.8. The number of allylic oxidation sites excluding steroid dienone is 2. The molecule has 1 amide bonds. The molecule has 0 saturated carbocycles. The lowest BCUT2D eigenvalue weighted by Crippen LogP contribution is -2.41. The van der Waals surface area contributed by atoms with Gasteiger partial charge in [0.05, 0.1) is 18.1 Å². The highest BCUT2D eigenvalue weighted by molar-refractivity contribution is 7.16. The van der Waals surface area contributed by atoms with Crippen LogP contribution in [0.1, 0.15) is 54.8 Å². The first-order valence-electron chi connectivity index (χ1n) is 8.32. The minimum absolute atomic E-state index is 0.192. The van der Waals surface area contributed by atoms with Gasteiger partial charge in [-0.2, -0.15) is 0 Å². The van der Waals surface area contributed by atoms with Crippen LogP contribution in [0.4, 0.5) is 5.00 Å². The highest BCUT2D eigenvalue weighted by atomic mass is 32.1. The monoisotopic (exact) mass is 364 g/mol. The zero-order chi connectivity index (χ0) is 18.6. The van der Waals surface area contributed by atoms with Gasteiger partial charge >= 0.3 is 5.97 Å². The molecule has 1 aromatic rings. The molecular weight excluding hydrogens is 342 g/mol. The third kappa shape index (κ3) is 4.48. The Morgan fingerprint density at radius 1 is 1.28 bits per heavy atom. The number of hydrogen-bond acceptors (Lipinski definition) is 6. The number of rotatable bonds is 6. The lowest BCUT2D eigenvalue weighted by Gasteiger charge is -2.28. The average Bonchev–Trinajstić information content (AvgIpc) is 2.99. The van der Waals surface area contributed by atoms with Gasteiger partial charge in [-0.15, -0.1) is 11.3 Å². The molecule has 7 heteroatoms. The standard InChI is InChI=1S/C18H23NO5S/c1-4-24-18(23)13-9-14(10(2)3)25-16(13)19-15(20)11-7-5-6-8-12(11)17(21)22/h5-6,9-12H,4,7-8H2,1-3H3,(H,19,20)(H,21,22)/p-1/t11-,12+/m0/s1. The molecule has 0 bridgehead atoms. The van der Waals surface area contributed by atoms with E-state index in [9.17, 15) is 19.5 Å². The van der Waals surface area contributed by atoms with E-state index in [2.05, 4.69) is 5.32 Å². The van der Waals surface area contributed by atoms with E-state index in [0.29, 0.717) is 17.0 Å². The van der Waals surface area contributed by atoms with Gasteiger partial charge in [0.15, 0.2) is 0 Å². The van der Waals surface area contributed by atoms with Crippen LogP contribution in [0, 0.1) is 11.8 Å². The van der Waals surface area contributed by atoms with Crippen LogP contribution in [0.2, 0.25) is 0 Å². The predicted molar refractivity (Wildman–Crippen MR) is 93.4 cm³/mol. The SMILES string of the molecule is CCOC(=O)c1cc(C(C)C)sc1NC(=O)[C@H]1CC=CC[C@H]1C(=O)[O-]. The van der Waals surface area contributed by atoms with Gasteiger partial charge in [-0.25, -0.2) is 4.79 Å². The second kappa shape index (κ2) is 8.29. The Morgan fingerprint density at radius 3 is 2.48 bits per heavy atom. The van der Waals surface area contributed by atoms with Crippen molar-refractivity contribution >= 4 is 34.2 Å². The number of carboxylic acids is 1. The second-order valence-electron chi connectivity index (χ2n) is 6.23. The predicted octanol–water partition coefficient (Wildman–Crippen LogP) is 2.32. The van der Waals surface area contributed by atoms with Crippen LogP contribution in [0.25, 0.3) is 0 Å². The maximum atomic E-state index is 12.6. The molecule has 2 atom stereocenters. The lowest BCUT2D eigenvalue weighted by atomic mass is 9.82. The van der Waals surface area contributed by atoms with Crippen molar-refractivity contribution in [2.24, 2.45) is 11.8 Å². The Morgan fingerprint density at radius 2 is 1.92 bits per heavy atom. The normalized spacial score (nSPS) is 19.7. The molecule has 6 nitrogen and oxygen atoms in total. The molecule has 0 radical (unpaired) electrons. The van der Waals surface area contributed by atoms with Crippen LogP contribution in [-0.2, 0) is 14.3 Å². The molecule has 2 rings (SSSR count). The molecule has 1 aliphatic carbocycles. The molecule has 136 valence electrons. The summed E-state index contributed by atoms with van der Waals surface area (Å²) in [5, 5.41) is 14.4. The van der Waals surface area contributed by atoms with Crippen LogP contribution in [0.15, 0.2) is 18.2 Å². The summed E-state index contributed by atoms with van der Waals surface area (Å²) in [4.78, 5) is 37.0. The van der Waals surface area contributed by atoms with E-state index in [-0.39, 0.29) is 18.9 Å². The molecule has 0 aliphatic heterocycles. The fourth-order valence-electron chi connectivity index (χ4n) is 2.72. The number of ether oxygens (including phenoxy) is 1. The fourth-order valence-corrected chi connectivity index (χ4v) is 3.77. The van der Waals surface area contributed by atoms with Crippen molar-refractivity contribution in [3.63, 3.8) is 0 Å². The molecule has 0 saturated heterocycles. The fraction of sp³-hybridized carbons (Fsp3) is 0.500. The summed E-state index contributed by atoms with van der Waals surface area (Å²) in [5.74, 6) is -3.53. The van der Waals surface area contributed by atoms with Gasteiger partial charge in [-0.3, -0.25) is 4.79 Å². The van der Waals surface area contributed by atoms with Crippen LogP contribution in [0.5, 0.6) is 0 Å². The van der Waals surface area contributed by atoms with Gasteiger partial charge in [0, 0.05) is 16.8 Å². The number of carboxylic acid groups (broad SMARTS) is 1. The maximum Gasteiger partial charge on any atom is 0.341 e. The molecule has 1 N–H and O–H groups in total. The van der Waals surface area contributed by atoms with Crippen molar-refractivity contribution < 1.29 is 24.2 Å². The highest BCUT2D eigenvalue weighted by Crippen LogP contribution is 2.35. The quantitative estimate of drug-likeness (QED) is 0.617. The summed E-state index contributed by atoms with van der Waals surface area (Å²) in [6.45, 7) is 5.93. The van der Waals surface area contributed by atoms with E-state index in [1.165, 1.54) is 11.3 Å². The molecule has 0 fully saturated rings. The van der Waals surface area contributed by atoms with Gasteiger partial charge in [-0.1, -0.05) is 26.0 Å². The van der Waals surface area contributed by atoms with Crippen molar-refractivity contribution in [1.82, 2.24) is 0 Å². The van der Waals surface area contributed by atoms with E-state index in [0.717, 1.165) is 4.88 Å². The molecule has 25 heavy (non-hydrogen) atoms. The molecule has 0 unspecified atom stereocenters. The van der Waals surface area contributed by atoms with Gasteiger partial charge in [-0.05, 0) is 31.7 Å². The van der Waals surface area contributed by atoms with Gasteiger partial charge in [0.2, 0.25) is 5.91 Å². The Hall–Kier alpha value is -2.15. The van der Waals surface area contributed by atoms with Crippen molar-refractivity contribution in [2.45, 2.75) is 39.5 Å². The molecule has 0 spiro atoms. The molecule has 1 aliphatic rings. The number of esters is 1. The lowest BCUT2D eigenvalue weighted by molar-refractivity contribution is -0.313. The smallest absolute Gasteiger partial charge is 0.341 e. The molecule has 1 aromatic heterocycles. The summed E-state index contributed by atoms with van der Waals surface area (Å²) in [7, 11) is 0. The van der Waals surface area contributed by atoms with Gasteiger partial charge < -0.3 is 20.0 Å². The Labute approximate surface area is 150 Å². The van der Waals surface area contributed by atoms with E-state index in [1.807, 2.05) is 13.8 Å². The number of carbonyl (C=O) groups excluding carboxylic acids is 3. The van der Waals surface area contributed by atoms with Gasteiger partial charge in [0.1, 0.15) is 5.00 Å². The summed E-state index contributed by atoms with van der Waals surface area (Å²) in [6.07, 6.45) is 4.15. The second-order valence-corrected chi connectivity index (χ2v) is 7.31. The van der Waals surface area contributed by atoms with E-state index in [4.69, 9.17) is 4.74 Å². The van der Waals surface area contributed by atoms with Crippen molar-refractivity contribution in [3.8, 4) is 0 Å². The van der Waals surface area contributed by atoms with Crippen LogP contribution >= 0.6 is 11.3 Å². The molecular formula is C18H22NO5S-. The highest BCUT2D eigenvalue weighted by Gasteiger charge is 2.31. The first-order valence-corrected chi connectivity index (χ1v) is 9.14. The van der Waals surface area contributed by atoms with Gasteiger partial charge in [0.25, 0.3) is 0 Å². The minimum Gasteiger partial charge on any atom is -0.550 e. The maximum absolute atomic E-state index is 12.6. The number of thiophene rings is 1. The molecule has 1 heterocycles. The van der Waals surface area contributed by atoms with Crippen LogP contribution < -0.4 is 10.4 Å². The van der Waals surface area contributed by atoms with Crippen LogP contribution in [0.3, 0.4) is 0 Å². The number of anilines is 1. The number of amides is 1. The third-order valence-electron chi connectivity index (χ3n) is 4.12. The third-order valence-corrected chi connectivity index (χ3v) is 5.48. The summed E-state index contributed by atoms with van der Waals surface area (Å²) in [5.41, 5.74) is 0.306. The number of carbonyl (C=O) groups is 3. The van der Waals surface area contributed by atoms with Crippen molar-refractivity contribution in [3.05, 3.63) is 28.7 Å². The zero-order valence-electron chi connectivity index (χ0n) is 14.5. The summed E-state index contributed by atoms with van der Waals surface area (Å²) >= 11 is 1.31. The van der Waals surface area contributed by atoms with E-state index >= 15 is 0 Å². The summed E-state index contributed by atoms with van der Waals surface area (Å²) < 4.78 is 5.05. The topological polar surface area (TPSA) is 95.5 Å². The van der Waals surface area contributed by atoms with Crippen molar-refractivity contribution in [1.29, 1.82) is 0 Å². The van der Waals surface area contributed by atoms with E-state index in [1.54, 1.807) is 25.1 Å². The number of aliphatic carboxylic acids is 1. The Bertz CT molecular complexity index is 692. The number of hydrogen-bond donors (Lipinski definition) is 1. The minimum atomic E-state index is -1.23. The Kier molecular flexibility index (Phi) is 6.36. The summed E-state index contributed by atoms with van der Waals surface area (Å²) in [6, 6.07) is 1.72. The first kappa shape index (κ1) is 19.2. The zero-order valence-corrected chi connectivity index (χ0v) is 15.4. The number of nitrogens with one attached hydrogen (secondary N) is 1. The largest absolute Gasteiger partial charge is 0.550 e. The van der Waals surface area contributed by atoms with Crippen LogP contribution in [-0.4, -0.2) is 24.5 Å². The molecule has 0 aromatic carbocycles.